The van der Waals surface area contributed by atoms with Crippen LogP contribution in [0.25, 0.3) is 11.1 Å². The Morgan fingerprint density at radius 1 is 0.824 bits per heavy atom. The minimum absolute atomic E-state index is 0.0174. The van der Waals surface area contributed by atoms with Gasteiger partial charge in [-0.25, -0.2) is 8.78 Å². The first-order valence-corrected chi connectivity index (χ1v) is 12.1. The van der Waals surface area contributed by atoms with Crippen molar-refractivity contribution in [2.45, 2.75) is 58.2 Å². The van der Waals surface area contributed by atoms with Crippen LogP contribution in [0.3, 0.4) is 0 Å². The van der Waals surface area contributed by atoms with Gasteiger partial charge in [0.15, 0.2) is 11.6 Å². The van der Waals surface area contributed by atoms with E-state index in [0.717, 1.165) is 43.4 Å². The summed E-state index contributed by atoms with van der Waals surface area (Å²) >= 11 is 0. The quantitative estimate of drug-likeness (QED) is 0.236. The summed E-state index contributed by atoms with van der Waals surface area (Å²) in [5.41, 5.74) is 4.02. The average Bonchev–Trinajstić information content (AvgIpc) is 2.88. The molecule has 3 aromatic rings. The van der Waals surface area contributed by atoms with Gasteiger partial charge < -0.3 is 9.47 Å². The van der Waals surface area contributed by atoms with Crippen LogP contribution in [-0.4, -0.2) is 12.7 Å². The van der Waals surface area contributed by atoms with E-state index in [1.54, 1.807) is 19.1 Å². The fraction of sp³-hybridized carbons (Fsp3) is 0.333. The zero-order valence-electron chi connectivity index (χ0n) is 19.9. The second-order valence-electron chi connectivity index (χ2n) is 8.94. The molecule has 178 valence electrons. The fourth-order valence-electron chi connectivity index (χ4n) is 4.21. The van der Waals surface area contributed by atoms with Crippen molar-refractivity contribution in [2.75, 3.05) is 6.61 Å². The Morgan fingerprint density at radius 3 is 2.18 bits per heavy atom. The molecule has 0 fully saturated rings. The molecule has 2 nitrogen and oxygen atoms in total. The van der Waals surface area contributed by atoms with Crippen molar-refractivity contribution in [3.05, 3.63) is 101 Å². The number of rotatable bonds is 9. The van der Waals surface area contributed by atoms with Crippen molar-refractivity contribution < 1.29 is 18.3 Å². The van der Waals surface area contributed by atoms with Gasteiger partial charge in [0.1, 0.15) is 12.4 Å². The van der Waals surface area contributed by atoms with Crippen LogP contribution in [-0.2, 0) is 11.3 Å². The van der Waals surface area contributed by atoms with Gasteiger partial charge in [0.2, 0.25) is 0 Å². The monoisotopic (exact) mass is 462 g/mol. The van der Waals surface area contributed by atoms with E-state index in [1.807, 2.05) is 24.3 Å². The molecule has 0 radical (unpaired) electrons. The second kappa shape index (κ2) is 11.4. The minimum atomic E-state index is -0.843. The summed E-state index contributed by atoms with van der Waals surface area (Å²) in [6.45, 7) is 4.55. The largest absolute Gasteiger partial charge is 0.489 e. The van der Waals surface area contributed by atoms with Gasteiger partial charge >= 0.3 is 0 Å². The van der Waals surface area contributed by atoms with Gasteiger partial charge in [0, 0.05) is 18.1 Å². The normalized spacial score (nSPS) is 17.6. The zero-order chi connectivity index (χ0) is 23.9. The molecule has 2 atom stereocenters. The van der Waals surface area contributed by atoms with Crippen LogP contribution in [0.4, 0.5) is 8.78 Å². The van der Waals surface area contributed by atoms with Gasteiger partial charge in [-0.3, -0.25) is 0 Å². The molecule has 0 amide bonds. The Bertz CT molecular complexity index is 1100. The molecule has 0 N–H and O–H groups in total. The van der Waals surface area contributed by atoms with Gasteiger partial charge in [0.05, 0.1) is 6.10 Å². The van der Waals surface area contributed by atoms with E-state index in [1.165, 1.54) is 5.56 Å². The van der Waals surface area contributed by atoms with Crippen LogP contribution < -0.4 is 4.74 Å². The summed E-state index contributed by atoms with van der Waals surface area (Å²) in [6, 6.07) is 19.5. The highest BCUT2D eigenvalue weighted by Crippen LogP contribution is 2.31. The summed E-state index contributed by atoms with van der Waals surface area (Å²) in [4.78, 5) is 0. The van der Waals surface area contributed by atoms with E-state index in [2.05, 4.69) is 43.3 Å². The number of aryl methyl sites for hydroxylation is 1. The molecule has 1 aliphatic rings. The van der Waals surface area contributed by atoms with Gasteiger partial charge in [-0.15, -0.1) is 0 Å². The zero-order valence-corrected chi connectivity index (χ0v) is 19.9. The lowest BCUT2D eigenvalue weighted by Crippen LogP contribution is -2.16. The minimum Gasteiger partial charge on any atom is -0.489 e. The predicted molar refractivity (Wildman–Crippen MR) is 133 cm³/mol. The highest BCUT2D eigenvalue weighted by atomic mass is 19.2. The summed E-state index contributed by atoms with van der Waals surface area (Å²) < 4.78 is 39.4. The maximum atomic E-state index is 14.0. The van der Waals surface area contributed by atoms with Crippen LogP contribution in [0.2, 0.25) is 0 Å². The summed E-state index contributed by atoms with van der Waals surface area (Å²) in [5.74, 6) is -0.612. The van der Waals surface area contributed by atoms with Crippen molar-refractivity contribution in [3.8, 4) is 16.9 Å². The third-order valence-corrected chi connectivity index (χ3v) is 6.43. The van der Waals surface area contributed by atoms with Crippen LogP contribution in [0, 0.1) is 18.6 Å². The molecule has 0 bridgehead atoms. The predicted octanol–water partition coefficient (Wildman–Crippen LogP) is 8.14. The molecule has 4 heteroatoms. The summed E-state index contributed by atoms with van der Waals surface area (Å²) in [5, 5.41) is 0. The second-order valence-corrected chi connectivity index (χ2v) is 8.94. The van der Waals surface area contributed by atoms with E-state index in [0.29, 0.717) is 11.7 Å². The molecular formula is C30H32F2O2. The lowest BCUT2D eigenvalue weighted by molar-refractivity contribution is 0.0718. The highest BCUT2D eigenvalue weighted by molar-refractivity contribution is 5.64. The summed E-state index contributed by atoms with van der Waals surface area (Å²) in [6.07, 6.45) is 9.20. The van der Waals surface area contributed by atoms with Crippen LogP contribution in [0.15, 0.2) is 72.8 Å². The first kappa shape index (κ1) is 24.2. The smallest absolute Gasteiger partial charge is 0.165 e. The topological polar surface area (TPSA) is 18.5 Å². The molecular weight excluding hydrogens is 430 g/mol. The number of hydrogen-bond acceptors (Lipinski definition) is 2. The lowest BCUT2D eigenvalue weighted by Gasteiger charge is -2.23. The number of benzene rings is 3. The van der Waals surface area contributed by atoms with Crippen molar-refractivity contribution in [1.82, 2.24) is 0 Å². The number of ether oxygens (including phenoxy) is 2. The Labute approximate surface area is 201 Å². The van der Waals surface area contributed by atoms with E-state index in [4.69, 9.17) is 9.47 Å². The molecule has 34 heavy (non-hydrogen) atoms. The molecule has 4 rings (SSSR count). The van der Waals surface area contributed by atoms with Crippen molar-refractivity contribution in [2.24, 2.45) is 0 Å². The third-order valence-electron chi connectivity index (χ3n) is 6.43. The number of hydrogen-bond donors (Lipinski definition) is 0. The molecule has 3 aromatic carbocycles. The van der Waals surface area contributed by atoms with Crippen molar-refractivity contribution in [1.29, 1.82) is 0 Å². The van der Waals surface area contributed by atoms with Crippen LogP contribution in [0.1, 0.15) is 55.2 Å². The van der Waals surface area contributed by atoms with E-state index >= 15 is 0 Å². The lowest BCUT2D eigenvalue weighted by atomic mass is 9.87. The number of unbranched alkanes of at least 4 members (excludes halogenated alkanes) is 1. The van der Waals surface area contributed by atoms with E-state index in [9.17, 15) is 8.78 Å². The molecule has 0 saturated carbocycles. The molecule has 1 aliphatic carbocycles. The molecule has 0 saturated heterocycles. The molecule has 0 aromatic heterocycles. The van der Waals surface area contributed by atoms with Crippen LogP contribution >= 0.6 is 0 Å². The SMILES string of the molecule is CCCCOC1C=CC(c2ccc(-c3ccc(OCc4ccc(C)c(F)c4F)cc3)cc2)CC1. The molecule has 0 aliphatic heterocycles. The molecule has 0 spiro atoms. The van der Waals surface area contributed by atoms with E-state index in [-0.39, 0.29) is 23.8 Å². The Kier molecular flexibility index (Phi) is 8.12. The van der Waals surface area contributed by atoms with Gasteiger partial charge in [0.25, 0.3) is 0 Å². The van der Waals surface area contributed by atoms with Gasteiger partial charge in [-0.2, -0.15) is 0 Å². The Balaban J connectivity index is 1.34. The molecule has 2 unspecified atom stereocenters. The third kappa shape index (κ3) is 5.92. The van der Waals surface area contributed by atoms with Crippen molar-refractivity contribution in [3.63, 3.8) is 0 Å². The van der Waals surface area contributed by atoms with Gasteiger partial charge in [-0.1, -0.05) is 74.0 Å². The Morgan fingerprint density at radius 2 is 1.53 bits per heavy atom. The summed E-state index contributed by atoms with van der Waals surface area (Å²) in [7, 11) is 0. The first-order valence-electron chi connectivity index (χ1n) is 12.1. The highest BCUT2D eigenvalue weighted by Gasteiger charge is 2.17. The first-order chi connectivity index (χ1) is 16.5. The number of halogens is 2. The maximum absolute atomic E-state index is 14.0. The van der Waals surface area contributed by atoms with Gasteiger partial charge in [-0.05, 0) is 60.6 Å². The number of allylic oxidation sites excluding steroid dienone is 1. The maximum Gasteiger partial charge on any atom is 0.165 e. The van der Waals surface area contributed by atoms with Crippen LogP contribution in [0.5, 0.6) is 5.75 Å². The fourth-order valence-corrected chi connectivity index (χ4v) is 4.21. The molecule has 0 heterocycles. The standard InChI is InChI=1S/C30H32F2O2/c1-3-4-19-33-27-15-11-24(12-16-27)22-7-9-23(10-8-22)25-13-17-28(18-14-25)34-20-26-6-5-21(2)29(31)30(26)32/h5-11,13-15,17-18,24,27H,3-4,12,16,19-20H2,1-2H3. The Hall–Kier alpha value is -2.98. The average molecular weight is 463 g/mol. The van der Waals surface area contributed by atoms with Crippen molar-refractivity contribution >= 4 is 0 Å². The van der Waals surface area contributed by atoms with E-state index < -0.39 is 11.6 Å².